The lowest BCUT2D eigenvalue weighted by Crippen LogP contribution is -2.62. The van der Waals surface area contributed by atoms with E-state index in [1.165, 1.54) is 4.90 Å². The Balaban J connectivity index is 1.14. The van der Waals surface area contributed by atoms with Crippen molar-refractivity contribution in [1.29, 1.82) is 0 Å². The van der Waals surface area contributed by atoms with Crippen LogP contribution in [-0.4, -0.2) is 121 Å². The van der Waals surface area contributed by atoms with Gasteiger partial charge in [-0.05, 0) is 93.3 Å². The molecule has 2 aromatic heterocycles. The van der Waals surface area contributed by atoms with E-state index >= 15 is 0 Å². The maximum absolute atomic E-state index is 14.2. The molecule has 0 radical (unpaired) electrons. The number of rotatable bonds is 10. The average molecular weight is 777 g/mol. The van der Waals surface area contributed by atoms with Crippen LogP contribution in [0.15, 0.2) is 36.8 Å². The van der Waals surface area contributed by atoms with E-state index in [4.69, 9.17) is 19.4 Å². The molecule has 11 nitrogen and oxygen atoms in total. The number of alkyl halides is 3. The SMILES string of the molecule is C=C(F)C(=O)N1CC2(CCN(c3nc(N4CC5(CCN(CCOC)CC5)C4)nc4c(OCC(F)(F)F)c(-c5c(C)ccc6[nH]ncc56)c(C5CC5)cc34)CC2)C1. The molecule has 1 N–H and O–H groups in total. The molecule has 298 valence electrons. The Morgan fingerprint density at radius 3 is 2.32 bits per heavy atom. The van der Waals surface area contributed by atoms with Crippen molar-refractivity contribution in [2.45, 2.75) is 57.5 Å². The zero-order valence-corrected chi connectivity index (χ0v) is 32.0. The highest BCUT2D eigenvalue weighted by Crippen LogP contribution is 2.54. The molecule has 0 bridgehead atoms. The van der Waals surface area contributed by atoms with E-state index in [0.717, 1.165) is 98.8 Å². The van der Waals surface area contributed by atoms with Gasteiger partial charge in [-0.3, -0.25) is 9.89 Å². The second-order valence-corrected chi connectivity index (χ2v) is 16.9. The fourth-order valence-corrected chi connectivity index (χ4v) is 9.62. The number of fused-ring (bicyclic) bond motifs is 2. The lowest BCUT2D eigenvalue weighted by molar-refractivity contribution is -0.153. The molecule has 2 aromatic carbocycles. The van der Waals surface area contributed by atoms with Gasteiger partial charge in [-0.2, -0.15) is 23.3 Å². The minimum atomic E-state index is -4.58. The Kier molecular flexibility index (Phi) is 9.18. The molecule has 0 atom stereocenters. The van der Waals surface area contributed by atoms with Crippen LogP contribution in [0.1, 0.15) is 55.6 Å². The summed E-state index contributed by atoms with van der Waals surface area (Å²) < 4.78 is 67.4. The molecule has 5 aliphatic rings. The maximum Gasteiger partial charge on any atom is 0.422 e. The fraction of sp³-hybridized carbons (Fsp3) is 0.561. The number of hydrogen-bond acceptors (Lipinski definition) is 9. The lowest BCUT2D eigenvalue weighted by atomic mass is 9.72. The van der Waals surface area contributed by atoms with Crippen molar-refractivity contribution >= 4 is 39.5 Å². The van der Waals surface area contributed by atoms with Gasteiger partial charge in [0.15, 0.2) is 18.2 Å². The molecule has 2 spiro atoms. The highest BCUT2D eigenvalue weighted by Gasteiger charge is 2.49. The van der Waals surface area contributed by atoms with E-state index in [2.05, 4.69) is 37.5 Å². The second-order valence-electron chi connectivity index (χ2n) is 16.9. The molecule has 4 saturated heterocycles. The monoisotopic (exact) mass is 776 g/mol. The number of nitrogens with one attached hydrogen (secondary N) is 1. The van der Waals surface area contributed by atoms with Gasteiger partial charge in [-0.15, -0.1) is 0 Å². The molecule has 4 aliphatic heterocycles. The Bertz CT molecular complexity index is 2170. The Labute approximate surface area is 323 Å². The summed E-state index contributed by atoms with van der Waals surface area (Å²) in [6.07, 6.45) is 2.58. The molecule has 1 aliphatic carbocycles. The van der Waals surface area contributed by atoms with Crippen LogP contribution < -0.4 is 14.5 Å². The van der Waals surface area contributed by atoms with Crippen molar-refractivity contribution in [3.63, 3.8) is 0 Å². The topological polar surface area (TPSA) is 103 Å². The molecule has 4 aromatic rings. The standard InChI is InChI=1S/C41H48F4N8O3/c1-25-4-7-31-30(19-46-49-31)32(25)33-28(27-5-6-27)18-29-34(35(33)56-24-41(43,44)45)47-38(53-22-39(23-53)8-12-50(13-9-39)16-17-55-3)48-36(29)51-14-10-40(11-15-51)20-52(21-40)37(54)26(2)42/h4,7,18-19,27H,2,5-6,8-17,20-24H2,1,3H3,(H,46,49). The van der Waals surface area contributed by atoms with Crippen molar-refractivity contribution < 1.29 is 31.8 Å². The zero-order valence-electron chi connectivity index (χ0n) is 32.0. The van der Waals surface area contributed by atoms with Gasteiger partial charge < -0.3 is 29.1 Å². The third-order valence-electron chi connectivity index (χ3n) is 13.0. The molecular formula is C41H48F4N8O3. The van der Waals surface area contributed by atoms with E-state index < -0.39 is 24.5 Å². The highest BCUT2D eigenvalue weighted by molar-refractivity contribution is 6.06. The number of carbonyl (C=O) groups is 1. The predicted molar refractivity (Wildman–Crippen MR) is 206 cm³/mol. The van der Waals surface area contributed by atoms with Gasteiger partial charge in [0.05, 0.1) is 18.3 Å². The minimum Gasteiger partial charge on any atom is -0.481 e. The van der Waals surface area contributed by atoms with Crippen LogP contribution in [0.25, 0.3) is 32.9 Å². The van der Waals surface area contributed by atoms with E-state index in [1.54, 1.807) is 13.3 Å². The van der Waals surface area contributed by atoms with Crippen LogP contribution in [0.3, 0.4) is 0 Å². The molecule has 1 saturated carbocycles. The van der Waals surface area contributed by atoms with Crippen molar-refractivity contribution in [3.8, 4) is 16.9 Å². The number of carbonyl (C=O) groups excluding carboxylic acids is 1. The minimum absolute atomic E-state index is 0.122. The third kappa shape index (κ3) is 6.73. The number of likely N-dealkylation sites (tertiary alicyclic amines) is 2. The average Bonchev–Trinajstić information content (AvgIpc) is 3.89. The van der Waals surface area contributed by atoms with E-state index in [-0.39, 0.29) is 22.5 Å². The van der Waals surface area contributed by atoms with Crippen LogP contribution in [0.4, 0.5) is 29.3 Å². The largest absolute Gasteiger partial charge is 0.481 e. The van der Waals surface area contributed by atoms with Crippen molar-refractivity contribution in [1.82, 2.24) is 30.0 Å². The quantitative estimate of drug-likeness (QED) is 0.138. The van der Waals surface area contributed by atoms with Crippen LogP contribution in [0.5, 0.6) is 5.75 Å². The summed E-state index contributed by atoms with van der Waals surface area (Å²) in [4.78, 5) is 31.0. The second kappa shape index (κ2) is 13.9. The van der Waals surface area contributed by atoms with Gasteiger partial charge in [0.25, 0.3) is 5.91 Å². The highest BCUT2D eigenvalue weighted by atomic mass is 19.4. The first-order chi connectivity index (χ1) is 26.8. The molecule has 9 rings (SSSR count). The molecule has 1 amide bonds. The number of amides is 1. The number of nitrogens with zero attached hydrogens (tertiary/aromatic N) is 7. The number of hydrogen-bond donors (Lipinski definition) is 1. The molecule has 15 heteroatoms. The Morgan fingerprint density at radius 2 is 1.66 bits per heavy atom. The van der Waals surface area contributed by atoms with Crippen molar-refractivity contribution in [2.75, 3.05) is 89.0 Å². The number of H-pyrrole nitrogens is 1. The van der Waals surface area contributed by atoms with Gasteiger partial charge in [-0.25, -0.2) is 9.37 Å². The first-order valence-corrected chi connectivity index (χ1v) is 19.7. The number of anilines is 2. The number of halogens is 4. The third-order valence-corrected chi connectivity index (χ3v) is 13.0. The first-order valence-electron chi connectivity index (χ1n) is 19.7. The van der Waals surface area contributed by atoms with Gasteiger partial charge in [0, 0.05) is 80.1 Å². The number of benzene rings is 2. The van der Waals surface area contributed by atoms with Crippen LogP contribution in [-0.2, 0) is 9.53 Å². The number of piperidine rings is 2. The van der Waals surface area contributed by atoms with Gasteiger partial charge in [0.2, 0.25) is 5.95 Å². The van der Waals surface area contributed by atoms with Crippen LogP contribution in [0.2, 0.25) is 0 Å². The molecule has 56 heavy (non-hydrogen) atoms. The Hall–Kier alpha value is -4.50. The van der Waals surface area contributed by atoms with E-state index in [9.17, 15) is 22.4 Å². The molecule has 5 fully saturated rings. The zero-order chi connectivity index (χ0) is 39.0. The Morgan fingerprint density at radius 1 is 0.964 bits per heavy atom. The molecular weight excluding hydrogens is 728 g/mol. The first kappa shape index (κ1) is 37.1. The molecule has 6 heterocycles. The van der Waals surface area contributed by atoms with E-state index in [1.807, 2.05) is 19.1 Å². The summed E-state index contributed by atoms with van der Waals surface area (Å²) in [5, 5.41) is 8.81. The van der Waals surface area contributed by atoms with E-state index in [0.29, 0.717) is 61.0 Å². The van der Waals surface area contributed by atoms with Gasteiger partial charge >= 0.3 is 6.18 Å². The summed E-state index contributed by atoms with van der Waals surface area (Å²) in [5.74, 6) is -0.164. The number of aromatic amines is 1. The van der Waals surface area contributed by atoms with Gasteiger partial charge in [-0.1, -0.05) is 12.6 Å². The van der Waals surface area contributed by atoms with Crippen molar-refractivity contribution in [2.24, 2.45) is 10.8 Å². The van der Waals surface area contributed by atoms with Crippen molar-refractivity contribution in [3.05, 3.63) is 47.9 Å². The summed E-state index contributed by atoms with van der Waals surface area (Å²) in [6.45, 7) is 11.0. The number of methoxy groups -OCH3 is 1. The smallest absolute Gasteiger partial charge is 0.422 e. The molecule has 0 unspecified atom stereocenters. The summed E-state index contributed by atoms with van der Waals surface area (Å²) in [7, 11) is 1.72. The summed E-state index contributed by atoms with van der Waals surface area (Å²) >= 11 is 0. The van der Waals surface area contributed by atoms with Crippen LogP contribution >= 0.6 is 0 Å². The summed E-state index contributed by atoms with van der Waals surface area (Å²) in [5.41, 5.74) is 4.42. The van der Waals surface area contributed by atoms with Gasteiger partial charge in [0.1, 0.15) is 11.3 Å². The number of ether oxygens (including phenoxy) is 2. The normalized spacial score (nSPS) is 20.9. The lowest BCUT2D eigenvalue weighted by Gasteiger charge is -2.54. The maximum atomic E-state index is 14.2. The van der Waals surface area contributed by atoms with Crippen LogP contribution in [0, 0.1) is 17.8 Å². The summed E-state index contributed by atoms with van der Waals surface area (Å²) in [6, 6.07) is 6.00. The predicted octanol–water partition coefficient (Wildman–Crippen LogP) is 6.76. The number of aryl methyl sites for hydroxylation is 1. The fourth-order valence-electron chi connectivity index (χ4n) is 9.62. The number of aromatic nitrogens is 4.